The summed E-state index contributed by atoms with van der Waals surface area (Å²) in [5.74, 6) is -0.653. The highest BCUT2D eigenvalue weighted by molar-refractivity contribution is 5.77. The number of rotatable bonds is 5. The Kier molecular flexibility index (Phi) is 4.50. The molecule has 1 rings (SSSR count). The van der Waals surface area contributed by atoms with Crippen LogP contribution in [0.25, 0.3) is 0 Å². The van der Waals surface area contributed by atoms with Crippen LogP contribution in [0.2, 0.25) is 0 Å². The van der Waals surface area contributed by atoms with Gasteiger partial charge in [0.2, 0.25) is 5.91 Å². The van der Waals surface area contributed by atoms with E-state index in [1.807, 2.05) is 20.8 Å². The van der Waals surface area contributed by atoms with Gasteiger partial charge in [-0.15, -0.1) is 0 Å². The lowest BCUT2D eigenvalue weighted by Crippen LogP contribution is -2.36. The molecule has 1 atom stereocenters. The average molecular weight is 217 g/mol. The molecule has 1 saturated heterocycles. The van der Waals surface area contributed by atoms with E-state index in [1.165, 1.54) is 0 Å². The van der Waals surface area contributed by atoms with Crippen LogP contribution in [-0.4, -0.2) is 44.2 Å². The minimum atomic E-state index is -0.532. The summed E-state index contributed by atoms with van der Waals surface area (Å²) in [6, 6.07) is 0. The van der Waals surface area contributed by atoms with Crippen molar-refractivity contribution >= 4 is 5.91 Å². The monoisotopic (exact) mass is 217 g/mol. The second-order valence-corrected chi connectivity index (χ2v) is 3.89. The van der Waals surface area contributed by atoms with Crippen molar-refractivity contribution in [1.82, 2.24) is 5.32 Å². The van der Waals surface area contributed by atoms with Crippen molar-refractivity contribution in [3.8, 4) is 0 Å². The third kappa shape index (κ3) is 4.59. The first-order chi connectivity index (χ1) is 7.03. The van der Waals surface area contributed by atoms with Crippen molar-refractivity contribution in [2.24, 2.45) is 0 Å². The number of amides is 1. The van der Waals surface area contributed by atoms with Crippen molar-refractivity contribution in [2.75, 3.05) is 26.4 Å². The first-order valence-corrected chi connectivity index (χ1v) is 5.19. The first-order valence-electron chi connectivity index (χ1n) is 5.19. The van der Waals surface area contributed by atoms with Gasteiger partial charge in [-0.05, 0) is 20.8 Å². The highest BCUT2D eigenvalue weighted by Gasteiger charge is 2.32. The lowest BCUT2D eigenvalue weighted by atomic mass is 10.3. The summed E-state index contributed by atoms with van der Waals surface area (Å²) in [5.41, 5.74) is 0. The molecule has 0 radical (unpaired) electrons. The number of hydrogen-bond acceptors (Lipinski definition) is 4. The first kappa shape index (κ1) is 12.4. The Labute approximate surface area is 90.1 Å². The highest BCUT2D eigenvalue weighted by atomic mass is 16.7. The topological polar surface area (TPSA) is 56.8 Å². The van der Waals surface area contributed by atoms with Gasteiger partial charge >= 0.3 is 0 Å². The molecule has 0 bridgehead atoms. The van der Waals surface area contributed by atoms with Crippen LogP contribution in [0.1, 0.15) is 20.8 Å². The Morgan fingerprint density at radius 2 is 2.33 bits per heavy atom. The van der Waals surface area contributed by atoms with Crippen molar-refractivity contribution in [2.45, 2.75) is 32.7 Å². The van der Waals surface area contributed by atoms with Gasteiger partial charge in [-0.25, -0.2) is 0 Å². The molecule has 1 aliphatic rings. The number of hydrogen-bond donors (Lipinski definition) is 1. The van der Waals surface area contributed by atoms with Crippen LogP contribution in [0.5, 0.6) is 0 Å². The van der Waals surface area contributed by atoms with Gasteiger partial charge in [0, 0.05) is 13.2 Å². The Bertz CT molecular complexity index is 217. The highest BCUT2D eigenvalue weighted by Crippen LogP contribution is 2.21. The molecule has 0 saturated carbocycles. The summed E-state index contributed by atoms with van der Waals surface area (Å²) in [6.07, 6.45) is -0.0643. The van der Waals surface area contributed by atoms with E-state index in [0.717, 1.165) is 0 Å². The molecule has 0 spiro atoms. The van der Waals surface area contributed by atoms with E-state index in [1.54, 1.807) is 0 Å². The molecule has 88 valence electrons. The molecular formula is C10H19NO4. The van der Waals surface area contributed by atoms with E-state index >= 15 is 0 Å². The predicted molar refractivity (Wildman–Crippen MR) is 54.4 cm³/mol. The molecular weight excluding hydrogens is 198 g/mol. The summed E-state index contributed by atoms with van der Waals surface area (Å²) in [4.78, 5) is 11.2. The Morgan fingerprint density at radius 3 is 2.87 bits per heavy atom. The standard InChI is InChI=1S/C10H19NO4/c1-4-13-7-9(12)11-5-8-6-14-10(2,3)15-8/h8H,4-7H2,1-3H3,(H,11,12). The van der Waals surface area contributed by atoms with Gasteiger partial charge < -0.3 is 19.5 Å². The van der Waals surface area contributed by atoms with Crippen LogP contribution in [0, 0.1) is 0 Å². The third-order valence-electron chi connectivity index (χ3n) is 2.03. The smallest absolute Gasteiger partial charge is 0.246 e. The Balaban J connectivity index is 2.13. The van der Waals surface area contributed by atoms with Crippen LogP contribution < -0.4 is 5.32 Å². The molecule has 0 aromatic carbocycles. The maximum Gasteiger partial charge on any atom is 0.246 e. The summed E-state index contributed by atoms with van der Waals surface area (Å²) in [5, 5.41) is 2.73. The minimum absolute atomic E-state index is 0.0643. The van der Waals surface area contributed by atoms with Gasteiger partial charge in [-0.1, -0.05) is 0 Å². The quantitative estimate of drug-likeness (QED) is 0.719. The van der Waals surface area contributed by atoms with E-state index in [0.29, 0.717) is 19.8 Å². The molecule has 1 N–H and O–H groups in total. The van der Waals surface area contributed by atoms with Crippen molar-refractivity contribution in [3.05, 3.63) is 0 Å². The lowest BCUT2D eigenvalue weighted by molar-refractivity contribution is -0.140. The van der Waals surface area contributed by atoms with Gasteiger partial charge in [0.15, 0.2) is 5.79 Å². The number of carbonyl (C=O) groups excluding carboxylic acids is 1. The summed E-state index contributed by atoms with van der Waals surface area (Å²) < 4.78 is 15.9. The molecule has 5 nitrogen and oxygen atoms in total. The summed E-state index contributed by atoms with van der Waals surface area (Å²) in [7, 11) is 0. The van der Waals surface area contributed by atoms with Crippen LogP contribution in [0.15, 0.2) is 0 Å². The molecule has 1 amide bonds. The minimum Gasteiger partial charge on any atom is -0.372 e. The largest absolute Gasteiger partial charge is 0.372 e. The van der Waals surface area contributed by atoms with E-state index in [-0.39, 0.29) is 18.6 Å². The van der Waals surface area contributed by atoms with Crippen LogP contribution in [0.4, 0.5) is 0 Å². The fourth-order valence-electron chi connectivity index (χ4n) is 1.34. The van der Waals surface area contributed by atoms with E-state index in [2.05, 4.69) is 5.32 Å². The molecule has 0 aromatic rings. The number of carbonyl (C=O) groups is 1. The second kappa shape index (κ2) is 5.44. The SMILES string of the molecule is CCOCC(=O)NCC1COC(C)(C)O1. The maximum atomic E-state index is 11.2. The number of nitrogens with one attached hydrogen (secondary N) is 1. The number of ether oxygens (including phenoxy) is 3. The molecule has 1 unspecified atom stereocenters. The zero-order valence-corrected chi connectivity index (χ0v) is 9.54. The van der Waals surface area contributed by atoms with Gasteiger partial charge in [0.1, 0.15) is 12.7 Å². The zero-order valence-electron chi connectivity index (χ0n) is 9.54. The predicted octanol–water partition coefficient (Wildman–Crippen LogP) is 0.291. The molecule has 5 heteroatoms. The van der Waals surface area contributed by atoms with Crippen LogP contribution >= 0.6 is 0 Å². The van der Waals surface area contributed by atoms with Gasteiger partial charge in [0.05, 0.1) is 6.61 Å². The van der Waals surface area contributed by atoms with Gasteiger partial charge in [-0.2, -0.15) is 0 Å². The summed E-state index contributed by atoms with van der Waals surface area (Å²) >= 11 is 0. The van der Waals surface area contributed by atoms with E-state index in [4.69, 9.17) is 14.2 Å². The van der Waals surface area contributed by atoms with Crippen LogP contribution in [-0.2, 0) is 19.0 Å². The summed E-state index contributed by atoms with van der Waals surface area (Å²) in [6.45, 7) is 7.20. The van der Waals surface area contributed by atoms with E-state index < -0.39 is 5.79 Å². The molecule has 1 heterocycles. The third-order valence-corrected chi connectivity index (χ3v) is 2.03. The molecule has 1 aliphatic heterocycles. The van der Waals surface area contributed by atoms with E-state index in [9.17, 15) is 4.79 Å². The normalized spacial score (nSPS) is 24.1. The second-order valence-electron chi connectivity index (χ2n) is 3.89. The average Bonchev–Trinajstić information content (AvgIpc) is 2.52. The Morgan fingerprint density at radius 1 is 1.60 bits per heavy atom. The fourth-order valence-corrected chi connectivity index (χ4v) is 1.34. The Hall–Kier alpha value is -0.650. The molecule has 1 fully saturated rings. The van der Waals surface area contributed by atoms with Crippen LogP contribution in [0.3, 0.4) is 0 Å². The lowest BCUT2D eigenvalue weighted by Gasteiger charge is -2.17. The molecule has 0 aliphatic carbocycles. The molecule has 0 aromatic heterocycles. The molecule has 15 heavy (non-hydrogen) atoms. The van der Waals surface area contributed by atoms with Crippen molar-refractivity contribution < 1.29 is 19.0 Å². The van der Waals surface area contributed by atoms with Crippen molar-refractivity contribution in [3.63, 3.8) is 0 Å². The zero-order chi connectivity index (χ0) is 11.3. The van der Waals surface area contributed by atoms with Crippen molar-refractivity contribution in [1.29, 1.82) is 0 Å². The fraction of sp³-hybridized carbons (Fsp3) is 0.900. The maximum absolute atomic E-state index is 11.2. The van der Waals surface area contributed by atoms with Gasteiger partial charge in [0.25, 0.3) is 0 Å². The van der Waals surface area contributed by atoms with Gasteiger partial charge in [-0.3, -0.25) is 4.79 Å².